The summed E-state index contributed by atoms with van der Waals surface area (Å²) >= 11 is 1.58. The van der Waals surface area contributed by atoms with E-state index >= 15 is 0 Å². The van der Waals surface area contributed by atoms with Gasteiger partial charge < -0.3 is 5.32 Å². The summed E-state index contributed by atoms with van der Waals surface area (Å²) in [6.07, 6.45) is 0.793. The second-order valence-electron chi connectivity index (χ2n) is 4.92. The molecule has 0 saturated carbocycles. The predicted octanol–water partition coefficient (Wildman–Crippen LogP) is 2.91. The zero-order chi connectivity index (χ0) is 13.9. The Hall–Kier alpha value is -1.94. The fourth-order valence-corrected chi connectivity index (χ4v) is 3.04. The summed E-state index contributed by atoms with van der Waals surface area (Å²) in [5.41, 5.74) is 6.37. The van der Waals surface area contributed by atoms with Crippen LogP contribution in [0.3, 0.4) is 0 Å². The predicted molar refractivity (Wildman–Crippen MR) is 81.4 cm³/mol. The third-order valence-electron chi connectivity index (χ3n) is 3.57. The number of hydrogen-bond donors (Lipinski definition) is 1. The van der Waals surface area contributed by atoms with Crippen molar-refractivity contribution in [1.82, 2.24) is 10.3 Å². The minimum atomic E-state index is -0.0344. The van der Waals surface area contributed by atoms with Crippen LogP contribution >= 0.6 is 11.3 Å². The van der Waals surface area contributed by atoms with Gasteiger partial charge in [0.05, 0.1) is 17.1 Å². The lowest BCUT2D eigenvalue weighted by Crippen LogP contribution is -2.28. The Labute approximate surface area is 122 Å². The normalized spacial score (nSPS) is 17.1. The standard InChI is InChI=1S/C16H16N2OS/c1-11-14(12-5-3-2-4-6-12)15(11)16(19)17-8-7-13-9-20-10-18-13/h2-6,9-10,15H,7-8H2,1H3,(H,17,19). The number of carbonyl (C=O) groups excluding carboxylic acids is 1. The molecule has 102 valence electrons. The van der Waals surface area contributed by atoms with Gasteiger partial charge in [-0.3, -0.25) is 4.79 Å². The fourth-order valence-electron chi connectivity index (χ4n) is 2.45. The van der Waals surface area contributed by atoms with E-state index in [9.17, 15) is 4.79 Å². The number of nitrogens with one attached hydrogen (secondary N) is 1. The number of carbonyl (C=O) groups is 1. The van der Waals surface area contributed by atoms with Crippen LogP contribution in [-0.4, -0.2) is 17.4 Å². The number of rotatable bonds is 5. The molecule has 1 unspecified atom stereocenters. The second-order valence-corrected chi connectivity index (χ2v) is 5.64. The van der Waals surface area contributed by atoms with Crippen LogP contribution in [0, 0.1) is 5.92 Å². The lowest BCUT2D eigenvalue weighted by molar-refractivity contribution is -0.121. The molecule has 0 saturated heterocycles. The summed E-state index contributed by atoms with van der Waals surface area (Å²) in [5, 5.41) is 5.01. The van der Waals surface area contributed by atoms with Crippen LogP contribution in [0.25, 0.3) is 5.57 Å². The molecule has 2 aromatic rings. The van der Waals surface area contributed by atoms with E-state index in [4.69, 9.17) is 0 Å². The largest absolute Gasteiger partial charge is 0.355 e. The van der Waals surface area contributed by atoms with E-state index in [0.29, 0.717) is 6.54 Å². The third kappa shape index (κ3) is 2.65. The average Bonchev–Trinajstić information content (AvgIpc) is 2.88. The van der Waals surface area contributed by atoms with Crippen LogP contribution in [0.1, 0.15) is 18.2 Å². The van der Waals surface area contributed by atoms with Gasteiger partial charge >= 0.3 is 0 Å². The summed E-state index contributed by atoms with van der Waals surface area (Å²) in [4.78, 5) is 16.4. The van der Waals surface area contributed by atoms with E-state index in [-0.39, 0.29) is 11.8 Å². The monoisotopic (exact) mass is 284 g/mol. The zero-order valence-corrected chi connectivity index (χ0v) is 12.1. The number of thiazole rings is 1. The third-order valence-corrected chi connectivity index (χ3v) is 4.21. The number of benzene rings is 1. The van der Waals surface area contributed by atoms with Gasteiger partial charge in [0, 0.05) is 18.3 Å². The molecule has 1 aromatic heterocycles. The van der Waals surface area contributed by atoms with Gasteiger partial charge in [-0.25, -0.2) is 4.98 Å². The first-order chi connectivity index (χ1) is 9.77. The first kappa shape index (κ1) is 13.1. The molecule has 4 heteroatoms. The molecule has 20 heavy (non-hydrogen) atoms. The van der Waals surface area contributed by atoms with Crippen LogP contribution in [0.15, 0.2) is 46.8 Å². The smallest absolute Gasteiger partial charge is 0.231 e. The molecule has 1 N–H and O–H groups in total. The van der Waals surface area contributed by atoms with Crippen LogP contribution in [0.5, 0.6) is 0 Å². The number of hydrogen-bond acceptors (Lipinski definition) is 3. The zero-order valence-electron chi connectivity index (χ0n) is 11.3. The molecule has 3 nitrogen and oxygen atoms in total. The summed E-state index contributed by atoms with van der Waals surface area (Å²) in [6.45, 7) is 2.68. The van der Waals surface area contributed by atoms with Gasteiger partial charge in [0.1, 0.15) is 0 Å². The Morgan fingerprint density at radius 3 is 2.85 bits per heavy atom. The van der Waals surface area contributed by atoms with Crippen LogP contribution in [-0.2, 0) is 11.2 Å². The van der Waals surface area contributed by atoms with E-state index in [2.05, 4.69) is 22.4 Å². The Balaban J connectivity index is 1.53. The quantitative estimate of drug-likeness (QED) is 0.917. The summed E-state index contributed by atoms with van der Waals surface area (Å²) < 4.78 is 0. The Bertz CT molecular complexity index is 632. The van der Waals surface area contributed by atoms with Crippen molar-refractivity contribution in [2.24, 2.45) is 5.92 Å². The van der Waals surface area contributed by atoms with Crippen LogP contribution in [0.4, 0.5) is 0 Å². The van der Waals surface area contributed by atoms with Crippen molar-refractivity contribution in [1.29, 1.82) is 0 Å². The molecule has 0 bridgehead atoms. The van der Waals surface area contributed by atoms with Crippen molar-refractivity contribution < 1.29 is 4.79 Å². The molecule has 0 fully saturated rings. The van der Waals surface area contributed by atoms with E-state index in [1.54, 1.807) is 11.3 Å². The molecular formula is C16H16N2OS. The molecule has 1 heterocycles. The molecule has 0 aliphatic heterocycles. The van der Waals surface area contributed by atoms with Crippen molar-refractivity contribution in [3.63, 3.8) is 0 Å². The molecule has 3 rings (SSSR count). The molecule has 1 atom stereocenters. The Kier molecular flexibility index (Phi) is 3.65. The van der Waals surface area contributed by atoms with Crippen LogP contribution in [0.2, 0.25) is 0 Å². The highest BCUT2D eigenvalue weighted by Gasteiger charge is 2.39. The minimum absolute atomic E-state index is 0.0344. The van der Waals surface area contributed by atoms with E-state index in [0.717, 1.165) is 17.7 Å². The van der Waals surface area contributed by atoms with Crippen molar-refractivity contribution in [2.45, 2.75) is 13.3 Å². The van der Waals surface area contributed by atoms with E-state index in [1.165, 1.54) is 11.1 Å². The fraction of sp³-hybridized carbons (Fsp3) is 0.250. The lowest BCUT2D eigenvalue weighted by Gasteiger charge is -2.04. The molecule has 1 aliphatic rings. The average molecular weight is 284 g/mol. The molecule has 1 aliphatic carbocycles. The van der Waals surface area contributed by atoms with E-state index in [1.807, 2.05) is 36.0 Å². The highest BCUT2D eigenvalue weighted by atomic mass is 32.1. The first-order valence-corrected chi connectivity index (χ1v) is 7.62. The Morgan fingerprint density at radius 2 is 2.15 bits per heavy atom. The highest BCUT2D eigenvalue weighted by molar-refractivity contribution is 7.07. The number of amides is 1. The molecular weight excluding hydrogens is 268 g/mol. The van der Waals surface area contributed by atoms with Crippen molar-refractivity contribution in [3.8, 4) is 0 Å². The summed E-state index contributed by atoms with van der Waals surface area (Å²) in [5.74, 6) is 0.0735. The van der Waals surface area contributed by atoms with Gasteiger partial charge in [-0.05, 0) is 18.1 Å². The maximum absolute atomic E-state index is 12.2. The summed E-state index contributed by atoms with van der Waals surface area (Å²) in [7, 11) is 0. The van der Waals surface area contributed by atoms with Gasteiger partial charge in [0.15, 0.2) is 0 Å². The van der Waals surface area contributed by atoms with Gasteiger partial charge in [0.2, 0.25) is 5.91 Å². The highest BCUT2D eigenvalue weighted by Crippen LogP contribution is 2.46. The maximum Gasteiger partial charge on any atom is 0.231 e. The number of aromatic nitrogens is 1. The molecule has 1 amide bonds. The van der Waals surface area contributed by atoms with E-state index < -0.39 is 0 Å². The lowest BCUT2D eigenvalue weighted by atomic mass is 10.1. The number of nitrogens with zero attached hydrogens (tertiary/aromatic N) is 1. The van der Waals surface area contributed by atoms with Gasteiger partial charge in [0.25, 0.3) is 0 Å². The van der Waals surface area contributed by atoms with Crippen molar-refractivity contribution in [3.05, 3.63) is 58.1 Å². The summed E-state index contributed by atoms with van der Waals surface area (Å²) in [6, 6.07) is 10.1. The van der Waals surface area contributed by atoms with Crippen molar-refractivity contribution >= 4 is 22.8 Å². The second kappa shape index (κ2) is 5.59. The first-order valence-electron chi connectivity index (χ1n) is 6.68. The van der Waals surface area contributed by atoms with Crippen molar-refractivity contribution in [2.75, 3.05) is 6.54 Å². The van der Waals surface area contributed by atoms with Gasteiger partial charge in [-0.15, -0.1) is 11.3 Å². The van der Waals surface area contributed by atoms with Gasteiger partial charge in [-0.2, -0.15) is 0 Å². The molecule has 0 radical (unpaired) electrons. The maximum atomic E-state index is 12.2. The molecule has 1 aromatic carbocycles. The van der Waals surface area contributed by atoms with Gasteiger partial charge in [-0.1, -0.05) is 35.9 Å². The topological polar surface area (TPSA) is 42.0 Å². The molecule has 0 spiro atoms. The SMILES string of the molecule is CC1=C(c2ccccc2)C1C(=O)NCCc1cscn1. The minimum Gasteiger partial charge on any atom is -0.355 e. The Morgan fingerprint density at radius 1 is 1.35 bits per heavy atom. The van der Waals surface area contributed by atoms with Crippen LogP contribution < -0.4 is 5.32 Å².